The largest absolute Gasteiger partial charge is 0.459 e. The number of carbonyl (C=O) groups excluding carboxylic acids is 3. The van der Waals surface area contributed by atoms with E-state index in [2.05, 4.69) is 20.4 Å². The minimum Gasteiger partial charge on any atom is -0.459 e. The SMILES string of the molecule is Cn1nnc(-c2ccc(F)c3c(C(=O)C(=O)N4CCN(C(=O)c5ccco5)CC4)c[nH]c23)n1. The number of ketones is 1. The number of aryl methyl sites for hydroxylation is 1. The molecule has 12 heteroatoms. The van der Waals surface area contributed by atoms with Gasteiger partial charge in [0, 0.05) is 43.3 Å². The zero-order valence-electron chi connectivity index (χ0n) is 17.5. The van der Waals surface area contributed by atoms with Crippen molar-refractivity contribution in [1.29, 1.82) is 0 Å². The smallest absolute Gasteiger partial charge is 0.295 e. The van der Waals surface area contributed by atoms with Crippen LogP contribution in [0.2, 0.25) is 0 Å². The fraction of sp³-hybridized carbons (Fsp3) is 0.238. The molecule has 1 N–H and O–H groups in total. The van der Waals surface area contributed by atoms with Crippen molar-refractivity contribution in [2.24, 2.45) is 7.05 Å². The van der Waals surface area contributed by atoms with Gasteiger partial charge in [-0.05, 0) is 29.5 Å². The van der Waals surface area contributed by atoms with Crippen LogP contribution in [0.4, 0.5) is 4.39 Å². The van der Waals surface area contributed by atoms with Crippen LogP contribution in [0, 0.1) is 5.82 Å². The van der Waals surface area contributed by atoms with E-state index in [1.54, 1.807) is 24.1 Å². The Kier molecular flexibility index (Phi) is 4.96. The second kappa shape index (κ2) is 7.97. The Morgan fingerprint density at radius 2 is 1.85 bits per heavy atom. The van der Waals surface area contributed by atoms with Gasteiger partial charge in [-0.2, -0.15) is 4.80 Å². The number of fused-ring (bicyclic) bond motifs is 1. The summed E-state index contributed by atoms with van der Waals surface area (Å²) < 4.78 is 19.8. The van der Waals surface area contributed by atoms with Gasteiger partial charge >= 0.3 is 0 Å². The lowest BCUT2D eigenvalue weighted by Crippen LogP contribution is -2.52. The second-order valence-corrected chi connectivity index (χ2v) is 7.54. The summed E-state index contributed by atoms with van der Waals surface area (Å²) in [6.07, 6.45) is 2.72. The number of piperazine rings is 1. The fourth-order valence-electron chi connectivity index (χ4n) is 3.89. The highest BCUT2D eigenvalue weighted by molar-refractivity contribution is 6.45. The number of halogens is 1. The van der Waals surface area contributed by atoms with E-state index >= 15 is 0 Å². The summed E-state index contributed by atoms with van der Waals surface area (Å²) in [5.74, 6) is -2.05. The number of aromatic nitrogens is 5. The molecule has 33 heavy (non-hydrogen) atoms. The van der Waals surface area contributed by atoms with Crippen LogP contribution in [0.5, 0.6) is 0 Å². The summed E-state index contributed by atoms with van der Waals surface area (Å²) in [7, 11) is 1.60. The van der Waals surface area contributed by atoms with Crippen molar-refractivity contribution in [3.05, 3.63) is 53.9 Å². The molecule has 0 aliphatic carbocycles. The van der Waals surface area contributed by atoms with Gasteiger partial charge in [-0.3, -0.25) is 14.4 Å². The van der Waals surface area contributed by atoms with E-state index in [-0.39, 0.29) is 54.6 Å². The van der Waals surface area contributed by atoms with Gasteiger partial charge in [0.2, 0.25) is 5.82 Å². The molecule has 0 radical (unpaired) electrons. The quantitative estimate of drug-likeness (QED) is 0.365. The molecule has 4 aromatic rings. The summed E-state index contributed by atoms with van der Waals surface area (Å²) in [4.78, 5) is 45.3. The van der Waals surface area contributed by atoms with Crippen molar-refractivity contribution in [3.63, 3.8) is 0 Å². The average Bonchev–Trinajstić information content (AvgIpc) is 3.59. The molecule has 0 spiro atoms. The lowest BCUT2D eigenvalue weighted by Gasteiger charge is -2.33. The van der Waals surface area contributed by atoms with E-state index in [0.717, 1.165) is 0 Å². The number of nitrogens with zero attached hydrogens (tertiary/aromatic N) is 6. The third-order valence-electron chi connectivity index (χ3n) is 5.56. The number of amides is 2. The number of H-pyrrole nitrogens is 1. The Balaban J connectivity index is 1.36. The molecule has 0 unspecified atom stereocenters. The van der Waals surface area contributed by atoms with E-state index in [9.17, 15) is 18.8 Å². The number of tetrazole rings is 1. The molecule has 1 aliphatic heterocycles. The number of aromatic amines is 1. The van der Waals surface area contributed by atoms with Gasteiger partial charge in [-0.1, -0.05) is 0 Å². The molecule has 3 aromatic heterocycles. The van der Waals surface area contributed by atoms with E-state index in [4.69, 9.17) is 4.42 Å². The van der Waals surface area contributed by atoms with Crippen molar-refractivity contribution < 1.29 is 23.2 Å². The first kappa shape index (κ1) is 20.5. The summed E-state index contributed by atoms with van der Waals surface area (Å²) in [6, 6.07) is 5.87. The highest BCUT2D eigenvalue weighted by Crippen LogP contribution is 2.30. The summed E-state index contributed by atoms with van der Waals surface area (Å²) in [5.41, 5.74) is 0.677. The number of furan rings is 1. The van der Waals surface area contributed by atoms with Crippen LogP contribution in [0.25, 0.3) is 22.3 Å². The summed E-state index contributed by atoms with van der Waals surface area (Å²) >= 11 is 0. The van der Waals surface area contributed by atoms with Crippen LogP contribution in [0.3, 0.4) is 0 Å². The van der Waals surface area contributed by atoms with E-state index in [1.165, 1.54) is 34.3 Å². The van der Waals surface area contributed by atoms with Gasteiger partial charge < -0.3 is 19.2 Å². The zero-order valence-corrected chi connectivity index (χ0v) is 17.5. The van der Waals surface area contributed by atoms with Crippen LogP contribution in [0.15, 0.2) is 41.1 Å². The lowest BCUT2D eigenvalue weighted by atomic mass is 10.0. The first-order chi connectivity index (χ1) is 15.9. The molecule has 4 heterocycles. The van der Waals surface area contributed by atoms with Crippen molar-refractivity contribution >= 4 is 28.5 Å². The molecular formula is C21H18FN7O4. The molecular weight excluding hydrogens is 433 g/mol. The molecule has 0 atom stereocenters. The number of carbonyl (C=O) groups is 3. The van der Waals surface area contributed by atoms with Crippen molar-refractivity contribution in [3.8, 4) is 11.4 Å². The van der Waals surface area contributed by atoms with Gasteiger partial charge in [0.05, 0.1) is 24.4 Å². The molecule has 1 fully saturated rings. The maximum Gasteiger partial charge on any atom is 0.295 e. The molecule has 5 rings (SSSR count). The molecule has 11 nitrogen and oxygen atoms in total. The topological polar surface area (TPSA) is 130 Å². The van der Waals surface area contributed by atoms with E-state index in [0.29, 0.717) is 11.1 Å². The Labute approximate surface area is 185 Å². The molecule has 168 valence electrons. The first-order valence-electron chi connectivity index (χ1n) is 10.1. The zero-order chi connectivity index (χ0) is 23.1. The van der Waals surface area contributed by atoms with Gasteiger partial charge in [0.15, 0.2) is 5.76 Å². The Morgan fingerprint density at radius 1 is 1.09 bits per heavy atom. The normalized spacial score (nSPS) is 14.1. The second-order valence-electron chi connectivity index (χ2n) is 7.54. The Bertz CT molecular complexity index is 1370. The number of hydrogen-bond acceptors (Lipinski definition) is 7. The van der Waals surface area contributed by atoms with Crippen molar-refractivity contribution in [1.82, 2.24) is 35.0 Å². The van der Waals surface area contributed by atoms with Crippen molar-refractivity contribution in [2.45, 2.75) is 0 Å². The molecule has 1 aromatic carbocycles. The van der Waals surface area contributed by atoms with E-state index in [1.807, 2.05) is 0 Å². The highest BCUT2D eigenvalue weighted by atomic mass is 19.1. The summed E-state index contributed by atoms with van der Waals surface area (Å²) in [6.45, 7) is 0.861. The van der Waals surface area contributed by atoms with Gasteiger partial charge in [0.1, 0.15) is 5.82 Å². The standard InChI is InChI=1S/C21H18FN7O4/c1-27-25-19(24-26-27)12-4-5-14(22)16-13(11-23-17(12)16)18(30)21(32)29-8-6-28(7-9-29)20(31)15-3-2-10-33-15/h2-5,10-11,23H,6-9H2,1H3. The minimum absolute atomic E-state index is 0.00932. The predicted octanol–water partition coefficient (Wildman–Crippen LogP) is 1.26. The average molecular weight is 451 g/mol. The number of benzene rings is 1. The van der Waals surface area contributed by atoms with E-state index < -0.39 is 17.5 Å². The van der Waals surface area contributed by atoms with Gasteiger partial charge in [0.25, 0.3) is 17.6 Å². The predicted molar refractivity (Wildman–Crippen MR) is 112 cm³/mol. The minimum atomic E-state index is -0.838. The van der Waals surface area contributed by atoms with Crippen LogP contribution in [-0.4, -0.2) is 78.8 Å². The number of hydrogen-bond donors (Lipinski definition) is 1. The monoisotopic (exact) mass is 451 g/mol. The number of rotatable bonds is 4. The maximum atomic E-state index is 14.7. The molecule has 0 bridgehead atoms. The van der Waals surface area contributed by atoms with Crippen molar-refractivity contribution in [2.75, 3.05) is 26.2 Å². The van der Waals surface area contributed by atoms with Gasteiger partial charge in [-0.25, -0.2) is 4.39 Å². The molecule has 0 saturated carbocycles. The van der Waals surface area contributed by atoms with Crippen LogP contribution in [0.1, 0.15) is 20.9 Å². The Hall–Kier alpha value is -4.35. The molecule has 1 aliphatic rings. The third-order valence-corrected chi connectivity index (χ3v) is 5.56. The number of Topliss-reactive ketones (excluding diaryl/α,β-unsaturated/α-hetero) is 1. The Morgan fingerprint density at radius 3 is 2.52 bits per heavy atom. The third kappa shape index (κ3) is 3.54. The fourth-order valence-corrected chi connectivity index (χ4v) is 3.89. The summed E-state index contributed by atoms with van der Waals surface area (Å²) in [5, 5.41) is 11.8. The molecule has 2 amide bonds. The number of nitrogens with one attached hydrogen (secondary N) is 1. The molecule has 1 saturated heterocycles. The maximum absolute atomic E-state index is 14.7. The van der Waals surface area contributed by atoms with Gasteiger partial charge in [-0.15, -0.1) is 10.2 Å². The van der Waals surface area contributed by atoms with Crippen LogP contribution >= 0.6 is 0 Å². The van der Waals surface area contributed by atoms with Crippen LogP contribution in [-0.2, 0) is 11.8 Å². The first-order valence-corrected chi connectivity index (χ1v) is 10.1. The highest BCUT2D eigenvalue weighted by Gasteiger charge is 2.31. The lowest BCUT2D eigenvalue weighted by molar-refractivity contribution is -0.127. The van der Waals surface area contributed by atoms with Crippen LogP contribution < -0.4 is 0 Å².